The quantitative estimate of drug-likeness (QED) is 0.520. The van der Waals surface area contributed by atoms with Gasteiger partial charge in [-0.25, -0.2) is 0 Å². The maximum Gasteiger partial charge on any atom is 0.260 e. The Bertz CT molecular complexity index is 423. The molecule has 1 aromatic heterocycles. The Morgan fingerprint density at radius 1 is 1.50 bits per heavy atom. The molecule has 0 unspecified atom stereocenters. The Morgan fingerprint density at radius 3 is 2.62 bits per heavy atom. The highest BCUT2D eigenvalue weighted by atomic mass is 16.3. The second-order valence-corrected chi connectivity index (χ2v) is 3.74. The minimum Gasteiger partial charge on any atom is -0.394 e. The van der Waals surface area contributed by atoms with Crippen LogP contribution in [0.25, 0.3) is 0 Å². The molecule has 1 aromatic rings. The third kappa shape index (κ3) is 2.68. The first-order chi connectivity index (χ1) is 7.52. The monoisotopic (exact) mass is 226 g/mol. The first-order valence-corrected chi connectivity index (χ1v) is 4.74. The van der Waals surface area contributed by atoms with Gasteiger partial charge in [0.15, 0.2) is 0 Å². The van der Waals surface area contributed by atoms with E-state index in [-0.39, 0.29) is 5.56 Å². The SMILES string of the molecule is CC(CO)(CO)NC(=O)c1ccc[nH]c1=O. The van der Waals surface area contributed by atoms with Gasteiger partial charge in [-0.15, -0.1) is 0 Å². The van der Waals surface area contributed by atoms with Crippen LogP contribution in [0.4, 0.5) is 0 Å². The number of nitrogens with one attached hydrogen (secondary N) is 2. The van der Waals surface area contributed by atoms with Crippen molar-refractivity contribution in [3.63, 3.8) is 0 Å². The number of carbonyl (C=O) groups is 1. The predicted octanol–water partition coefficient (Wildman–Crippen LogP) is -1.15. The highest BCUT2D eigenvalue weighted by molar-refractivity contribution is 5.94. The lowest BCUT2D eigenvalue weighted by molar-refractivity contribution is 0.0722. The van der Waals surface area contributed by atoms with E-state index in [1.165, 1.54) is 25.3 Å². The largest absolute Gasteiger partial charge is 0.394 e. The molecule has 0 saturated carbocycles. The Labute approximate surface area is 91.9 Å². The van der Waals surface area contributed by atoms with Crippen LogP contribution in [-0.2, 0) is 0 Å². The smallest absolute Gasteiger partial charge is 0.260 e. The van der Waals surface area contributed by atoms with Gasteiger partial charge in [0.2, 0.25) is 0 Å². The summed E-state index contributed by atoms with van der Waals surface area (Å²) in [5.74, 6) is -0.632. The number of H-pyrrole nitrogens is 1. The maximum absolute atomic E-state index is 11.6. The molecule has 0 atom stereocenters. The summed E-state index contributed by atoms with van der Waals surface area (Å²) in [7, 11) is 0. The Kier molecular flexibility index (Phi) is 3.81. The van der Waals surface area contributed by atoms with Gasteiger partial charge in [-0.3, -0.25) is 9.59 Å². The molecule has 4 N–H and O–H groups in total. The van der Waals surface area contributed by atoms with Crippen molar-refractivity contribution in [2.24, 2.45) is 0 Å². The zero-order valence-corrected chi connectivity index (χ0v) is 8.86. The van der Waals surface area contributed by atoms with Crippen molar-refractivity contribution in [1.29, 1.82) is 0 Å². The lowest BCUT2D eigenvalue weighted by Crippen LogP contribution is -2.52. The Morgan fingerprint density at radius 2 is 2.12 bits per heavy atom. The summed E-state index contributed by atoms with van der Waals surface area (Å²) in [6.07, 6.45) is 1.41. The van der Waals surface area contributed by atoms with E-state index < -0.39 is 30.2 Å². The number of carbonyl (C=O) groups excluding carboxylic acids is 1. The third-order valence-corrected chi connectivity index (χ3v) is 2.18. The van der Waals surface area contributed by atoms with Crippen LogP contribution in [0.3, 0.4) is 0 Å². The predicted molar refractivity (Wildman–Crippen MR) is 57.1 cm³/mol. The molecule has 0 aliphatic carbocycles. The molecule has 88 valence electrons. The highest BCUT2D eigenvalue weighted by Gasteiger charge is 2.25. The minimum atomic E-state index is -1.14. The number of rotatable bonds is 4. The molecule has 0 saturated heterocycles. The highest BCUT2D eigenvalue weighted by Crippen LogP contribution is 2.02. The molecule has 0 spiro atoms. The number of aromatic nitrogens is 1. The second kappa shape index (κ2) is 4.91. The van der Waals surface area contributed by atoms with Crippen LogP contribution < -0.4 is 10.9 Å². The summed E-state index contributed by atoms with van der Waals surface area (Å²) in [5, 5.41) is 20.4. The zero-order valence-electron chi connectivity index (χ0n) is 8.86. The van der Waals surface area contributed by atoms with E-state index in [4.69, 9.17) is 10.2 Å². The summed E-state index contributed by atoms with van der Waals surface area (Å²) in [4.78, 5) is 25.3. The van der Waals surface area contributed by atoms with Crippen molar-refractivity contribution >= 4 is 5.91 Å². The molecular weight excluding hydrogens is 212 g/mol. The van der Waals surface area contributed by atoms with Gasteiger partial charge in [0.25, 0.3) is 11.5 Å². The van der Waals surface area contributed by atoms with Crippen LogP contribution in [0.1, 0.15) is 17.3 Å². The van der Waals surface area contributed by atoms with E-state index in [9.17, 15) is 9.59 Å². The molecule has 0 aliphatic heterocycles. The van der Waals surface area contributed by atoms with E-state index in [2.05, 4.69) is 10.3 Å². The van der Waals surface area contributed by atoms with Gasteiger partial charge in [-0.05, 0) is 19.1 Å². The van der Waals surface area contributed by atoms with Crippen molar-refractivity contribution in [3.05, 3.63) is 34.2 Å². The fourth-order valence-corrected chi connectivity index (χ4v) is 1.07. The summed E-state index contributed by atoms with van der Waals surface area (Å²) in [6, 6.07) is 2.88. The van der Waals surface area contributed by atoms with E-state index >= 15 is 0 Å². The van der Waals surface area contributed by atoms with Crippen LogP contribution in [0.2, 0.25) is 0 Å². The van der Waals surface area contributed by atoms with Crippen LogP contribution in [0, 0.1) is 0 Å². The number of pyridine rings is 1. The topological polar surface area (TPSA) is 102 Å². The molecule has 0 radical (unpaired) electrons. The average molecular weight is 226 g/mol. The summed E-state index contributed by atoms with van der Waals surface area (Å²) >= 11 is 0. The number of amides is 1. The molecule has 6 heteroatoms. The first kappa shape index (κ1) is 12.4. The molecule has 16 heavy (non-hydrogen) atoms. The summed E-state index contributed by atoms with van der Waals surface area (Å²) in [5.41, 5.74) is -1.71. The summed E-state index contributed by atoms with van der Waals surface area (Å²) in [6.45, 7) is 0.641. The second-order valence-electron chi connectivity index (χ2n) is 3.74. The first-order valence-electron chi connectivity index (χ1n) is 4.74. The molecule has 0 fully saturated rings. The molecule has 1 amide bonds. The zero-order chi connectivity index (χ0) is 12.2. The van der Waals surface area contributed by atoms with Crippen LogP contribution in [0.5, 0.6) is 0 Å². The van der Waals surface area contributed by atoms with Gasteiger partial charge in [-0.1, -0.05) is 0 Å². The fraction of sp³-hybridized carbons (Fsp3) is 0.400. The molecule has 0 aliphatic rings. The van der Waals surface area contributed by atoms with Crippen molar-refractivity contribution in [2.75, 3.05) is 13.2 Å². The van der Waals surface area contributed by atoms with Crippen molar-refractivity contribution in [1.82, 2.24) is 10.3 Å². The van der Waals surface area contributed by atoms with Gasteiger partial charge in [0.1, 0.15) is 5.56 Å². The average Bonchev–Trinajstić information content (AvgIpc) is 2.29. The lowest BCUT2D eigenvalue weighted by atomic mass is 10.0. The van der Waals surface area contributed by atoms with Crippen molar-refractivity contribution in [2.45, 2.75) is 12.5 Å². The van der Waals surface area contributed by atoms with Gasteiger partial charge < -0.3 is 20.5 Å². The number of hydrogen-bond donors (Lipinski definition) is 4. The van der Waals surface area contributed by atoms with E-state index in [0.29, 0.717) is 0 Å². The van der Waals surface area contributed by atoms with Gasteiger partial charge >= 0.3 is 0 Å². The Hall–Kier alpha value is -1.66. The number of aromatic amines is 1. The molecule has 0 bridgehead atoms. The lowest BCUT2D eigenvalue weighted by Gasteiger charge is -2.25. The minimum absolute atomic E-state index is 0.0596. The third-order valence-electron chi connectivity index (χ3n) is 2.18. The normalized spacial score (nSPS) is 11.2. The van der Waals surface area contributed by atoms with E-state index in [1.807, 2.05) is 0 Å². The molecular formula is C10H14N2O4. The van der Waals surface area contributed by atoms with Crippen LogP contribution in [0.15, 0.2) is 23.1 Å². The van der Waals surface area contributed by atoms with E-state index in [0.717, 1.165) is 0 Å². The van der Waals surface area contributed by atoms with Crippen molar-refractivity contribution < 1.29 is 15.0 Å². The van der Waals surface area contributed by atoms with Crippen molar-refractivity contribution in [3.8, 4) is 0 Å². The Balaban J connectivity index is 2.89. The molecule has 0 aromatic carbocycles. The van der Waals surface area contributed by atoms with Crippen LogP contribution in [-0.4, -0.2) is 39.9 Å². The van der Waals surface area contributed by atoms with Gasteiger partial charge in [-0.2, -0.15) is 0 Å². The number of hydrogen-bond acceptors (Lipinski definition) is 4. The van der Waals surface area contributed by atoms with Crippen LogP contribution >= 0.6 is 0 Å². The maximum atomic E-state index is 11.6. The molecule has 6 nitrogen and oxygen atoms in total. The fourth-order valence-electron chi connectivity index (χ4n) is 1.07. The summed E-state index contributed by atoms with van der Waals surface area (Å²) < 4.78 is 0. The number of aliphatic hydroxyl groups excluding tert-OH is 2. The van der Waals surface area contributed by atoms with E-state index in [1.54, 1.807) is 0 Å². The number of aliphatic hydroxyl groups is 2. The molecule has 1 heterocycles. The van der Waals surface area contributed by atoms with Gasteiger partial charge in [0.05, 0.1) is 18.8 Å². The molecule has 1 rings (SSSR count). The standard InChI is InChI=1S/C10H14N2O4/c1-10(5-13,6-14)12-9(16)7-3-2-4-11-8(7)15/h2-4,13-14H,5-6H2,1H3,(H,11,15)(H,12,16). The van der Waals surface area contributed by atoms with Gasteiger partial charge in [0, 0.05) is 6.20 Å².